The van der Waals surface area contributed by atoms with Gasteiger partial charge in [-0.25, -0.2) is 0 Å². The number of ether oxygens (including phenoxy) is 1. The van der Waals surface area contributed by atoms with Gasteiger partial charge in [0.2, 0.25) is 0 Å². The summed E-state index contributed by atoms with van der Waals surface area (Å²) in [5.74, 6) is 0.117. The monoisotopic (exact) mass is 203 g/mol. The molecule has 0 aromatic heterocycles. The quantitative estimate of drug-likeness (QED) is 0.688. The molecule has 1 saturated heterocycles. The second-order valence-electron chi connectivity index (χ2n) is 4.03. The zero-order chi connectivity index (χ0) is 10.4. The van der Waals surface area contributed by atoms with Gasteiger partial charge in [-0.15, -0.1) is 0 Å². The zero-order valence-corrected chi connectivity index (χ0v) is 8.64. The lowest BCUT2D eigenvalue weighted by atomic mass is 9.99. The van der Waals surface area contributed by atoms with Gasteiger partial charge in [0.05, 0.1) is 0 Å². The summed E-state index contributed by atoms with van der Waals surface area (Å²) < 4.78 is 5.54. The molecule has 0 N–H and O–H groups in total. The van der Waals surface area contributed by atoms with E-state index in [-0.39, 0.29) is 18.2 Å². The minimum absolute atomic E-state index is 0.00681. The first-order valence-electron chi connectivity index (χ1n) is 5.38. The maximum atomic E-state index is 12.1. The molecule has 1 amide bonds. The third kappa shape index (κ3) is 1.20. The first-order valence-corrected chi connectivity index (χ1v) is 5.38. The minimum Gasteiger partial charge on any atom is -0.342 e. The molecular weight excluding hydrogens is 190 g/mol. The number of fused-ring (bicyclic) bond motifs is 3. The summed E-state index contributed by atoms with van der Waals surface area (Å²) in [5, 5.41) is 0. The van der Waals surface area contributed by atoms with Gasteiger partial charge in [0.15, 0.2) is 6.23 Å². The molecule has 2 atom stereocenters. The predicted octanol–water partition coefficient (Wildman–Crippen LogP) is 1.95. The number of carbonyl (C=O) groups is 1. The third-order valence-electron chi connectivity index (χ3n) is 3.00. The van der Waals surface area contributed by atoms with Crippen molar-refractivity contribution in [1.82, 2.24) is 4.90 Å². The van der Waals surface area contributed by atoms with E-state index < -0.39 is 0 Å². The van der Waals surface area contributed by atoms with Crippen LogP contribution >= 0.6 is 0 Å². The highest BCUT2D eigenvalue weighted by Gasteiger charge is 2.51. The Morgan fingerprint density at radius 2 is 2.20 bits per heavy atom. The Morgan fingerprint density at radius 1 is 1.40 bits per heavy atom. The number of rotatable bonds is 2. The molecule has 2 aliphatic heterocycles. The molecule has 2 aliphatic rings. The van der Waals surface area contributed by atoms with Crippen LogP contribution in [0.3, 0.4) is 0 Å². The molecule has 0 spiro atoms. The van der Waals surface area contributed by atoms with E-state index in [0.717, 1.165) is 24.1 Å². The van der Waals surface area contributed by atoms with Crippen molar-refractivity contribution in [2.45, 2.75) is 25.7 Å². The average molecular weight is 203 g/mol. The van der Waals surface area contributed by atoms with Gasteiger partial charge in [-0.05, 0) is 18.1 Å². The van der Waals surface area contributed by atoms with Gasteiger partial charge in [-0.2, -0.15) is 0 Å². The minimum atomic E-state index is 0.00681. The topological polar surface area (TPSA) is 32.8 Å². The van der Waals surface area contributed by atoms with Gasteiger partial charge >= 0.3 is 0 Å². The second-order valence-corrected chi connectivity index (χ2v) is 4.03. The molecule has 0 aliphatic carbocycles. The molecule has 3 rings (SSSR count). The lowest BCUT2D eigenvalue weighted by molar-refractivity contribution is 0.0667. The van der Waals surface area contributed by atoms with Crippen molar-refractivity contribution in [3.63, 3.8) is 0 Å². The fourth-order valence-corrected chi connectivity index (χ4v) is 2.25. The summed E-state index contributed by atoms with van der Waals surface area (Å²) in [6, 6.07) is 7.74. The van der Waals surface area contributed by atoms with Crippen molar-refractivity contribution in [2.24, 2.45) is 0 Å². The van der Waals surface area contributed by atoms with Crippen molar-refractivity contribution in [3.05, 3.63) is 35.4 Å². The van der Waals surface area contributed by atoms with E-state index in [9.17, 15) is 4.79 Å². The van der Waals surface area contributed by atoms with Crippen LogP contribution in [0.25, 0.3) is 0 Å². The molecule has 0 saturated carbocycles. The molecule has 2 unspecified atom stereocenters. The highest BCUT2D eigenvalue weighted by Crippen LogP contribution is 2.46. The predicted molar refractivity (Wildman–Crippen MR) is 55.4 cm³/mol. The maximum absolute atomic E-state index is 12.1. The summed E-state index contributed by atoms with van der Waals surface area (Å²) in [7, 11) is 0. The van der Waals surface area contributed by atoms with E-state index in [4.69, 9.17) is 4.74 Å². The van der Waals surface area contributed by atoms with Gasteiger partial charge in [0.1, 0.15) is 6.10 Å². The second kappa shape index (κ2) is 3.07. The molecule has 15 heavy (non-hydrogen) atoms. The van der Waals surface area contributed by atoms with E-state index >= 15 is 0 Å². The number of amides is 1. The van der Waals surface area contributed by atoms with Crippen LogP contribution in [0.5, 0.6) is 0 Å². The molecular formula is C12H13NO2. The Bertz CT molecular complexity index is 416. The number of hydrogen-bond acceptors (Lipinski definition) is 2. The van der Waals surface area contributed by atoms with E-state index in [2.05, 4.69) is 6.92 Å². The molecule has 3 nitrogen and oxygen atoms in total. The number of nitrogens with zero attached hydrogens (tertiary/aromatic N) is 1. The van der Waals surface area contributed by atoms with Crippen LogP contribution in [0.2, 0.25) is 0 Å². The largest absolute Gasteiger partial charge is 0.342 e. The van der Waals surface area contributed by atoms with Crippen LogP contribution in [-0.2, 0) is 4.74 Å². The third-order valence-corrected chi connectivity index (χ3v) is 3.00. The number of epoxide rings is 1. The van der Waals surface area contributed by atoms with Crippen LogP contribution < -0.4 is 0 Å². The standard InChI is InChI=1S/C12H13NO2/c1-2-7-13-11(14)9-6-4-3-5-8(9)10-12(13)15-10/h3-6,10,12H,2,7H2,1H3. The van der Waals surface area contributed by atoms with E-state index in [1.54, 1.807) is 0 Å². The lowest BCUT2D eigenvalue weighted by Crippen LogP contribution is -2.38. The maximum Gasteiger partial charge on any atom is 0.256 e. The number of benzene rings is 1. The van der Waals surface area contributed by atoms with Crippen LogP contribution in [-0.4, -0.2) is 23.6 Å². The van der Waals surface area contributed by atoms with Crippen molar-refractivity contribution in [1.29, 1.82) is 0 Å². The molecule has 1 aromatic rings. The zero-order valence-electron chi connectivity index (χ0n) is 8.64. The van der Waals surface area contributed by atoms with Gasteiger partial charge in [-0.3, -0.25) is 4.79 Å². The van der Waals surface area contributed by atoms with Gasteiger partial charge in [0.25, 0.3) is 5.91 Å². The smallest absolute Gasteiger partial charge is 0.256 e. The van der Waals surface area contributed by atoms with Crippen molar-refractivity contribution in [3.8, 4) is 0 Å². The molecule has 3 heteroatoms. The summed E-state index contributed by atoms with van der Waals surface area (Å²) in [6.07, 6.45) is 1.11. The van der Waals surface area contributed by atoms with E-state index in [1.165, 1.54) is 0 Å². The Balaban J connectivity index is 2.02. The van der Waals surface area contributed by atoms with Crippen LogP contribution in [0.1, 0.15) is 35.4 Å². The lowest BCUT2D eigenvalue weighted by Gasteiger charge is -2.24. The summed E-state index contributed by atoms with van der Waals surface area (Å²) in [5.41, 5.74) is 1.87. The number of hydrogen-bond donors (Lipinski definition) is 0. The summed E-state index contributed by atoms with van der Waals surface area (Å²) >= 11 is 0. The first-order chi connectivity index (χ1) is 7.33. The first kappa shape index (κ1) is 8.92. The van der Waals surface area contributed by atoms with Gasteiger partial charge < -0.3 is 9.64 Å². The average Bonchev–Trinajstić information content (AvgIpc) is 3.04. The Hall–Kier alpha value is -1.35. The Morgan fingerprint density at radius 3 is 3.00 bits per heavy atom. The Kier molecular flexibility index (Phi) is 1.83. The van der Waals surface area contributed by atoms with E-state index in [0.29, 0.717) is 0 Å². The van der Waals surface area contributed by atoms with Crippen LogP contribution in [0, 0.1) is 0 Å². The van der Waals surface area contributed by atoms with Crippen LogP contribution in [0.4, 0.5) is 0 Å². The van der Waals surface area contributed by atoms with Gasteiger partial charge in [0, 0.05) is 12.1 Å². The molecule has 2 heterocycles. The summed E-state index contributed by atoms with van der Waals surface area (Å²) in [6.45, 7) is 2.86. The van der Waals surface area contributed by atoms with Crippen molar-refractivity contribution in [2.75, 3.05) is 6.54 Å². The van der Waals surface area contributed by atoms with Gasteiger partial charge in [-0.1, -0.05) is 25.1 Å². The normalized spacial score (nSPS) is 27.3. The Labute approximate surface area is 88.6 Å². The van der Waals surface area contributed by atoms with E-state index in [1.807, 2.05) is 29.2 Å². The SMILES string of the molecule is CCCN1C(=O)c2ccccc2C2OC21. The molecule has 0 radical (unpaired) electrons. The molecule has 0 bridgehead atoms. The van der Waals surface area contributed by atoms with Crippen molar-refractivity contribution < 1.29 is 9.53 Å². The fraction of sp³-hybridized carbons (Fsp3) is 0.417. The van der Waals surface area contributed by atoms with Crippen molar-refractivity contribution >= 4 is 5.91 Å². The molecule has 1 fully saturated rings. The summed E-state index contributed by atoms with van der Waals surface area (Å²) in [4.78, 5) is 13.9. The fourth-order valence-electron chi connectivity index (χ4n) is 2.25. The highest BCUT2D eigenvalue weighted by molar-refractivity contribution is 5.97. The molecule has 78 valence electrons. The highest BCUT2D eigenvalue weighted by atomic mass is 16.6. The van der Waals surface area contributed by atoms with Crippen LogP contribution in [0.15, 0.2) is 24.3 Å². The number of carbonyl (C=O) groups excluding carboxylic acids is 1. The molecule has 1 aromatic carbocycles.